The van der Waals surface area contributed by atoms with E-state index in [0.717, 1.165) is 25.9 Å². The molecule has 2 bridgehead atoms. The number of allylic oxidation sites excluding steroid dienone is 2. The quantitative estimate of drug-likeness (QED) is 0.755. The van der Waals surface area contributed by atoms with Crippen molar-refractivity contribution >= 4 is 0 Å². The number of aliphatic hydroxyl groups excluding tert-OH is 1. The summed E-state index contributed by atoms with van der Waals surface area (Å²) in [6.45, 7) is 7.47. The summed E-state index contributed by atoms with van der Waals surface area (Å²) in [4.78, 5) is 0. The summed E-state index contributed by atoms with van der Waals surface area (Å²) in [6, 6.07) is 0. The van der Waals surface area contributed by atoms with Gasteiger partial charge in [0.05, 0.1) is 12.7 Å². The minimum Gasteiger partial charge on any atom is -0.393 e. The van der Waals surface area contributed by atoms with Crippen LogP contribution in [0.5, 0.6) is 0 Å². The highest BCUT2D eigenvalue weighted by Gasteiger charge is 2.69. The van der Waals surface area contributed by atoms with Crippen LogP contribution in [0.1, 0.15) is 39.0 Å². The molecule has 126 valence electrons. The van der Waals surface area contributed by atoms with Gasteiger partial charge in [-0.15, -0.1) is 0 Å². The van der Waals surface area contributed by atoms with Gasteiger partial charge >= 0.3 is 0 Å². The van der Waals surface area contributed by atoms with Crippen LogP contribution in [0, 0.1) is 34.5 Å². The SMILES string of the molecule is C=C1C[C@@]23CC[C@@H]1C=C2[C@H]1COC(OC)[C@]2(C)CC[C@@H](O)[C@H]3[C@H]12. The van der Waals surface area contributed by atoms with Gasteiger partial charge in [-0.25, -0.2) is 0 Å². The van der Waals surface area contributed by atoms with Gasteiger partial charge in [0.1, 0.15) is 0 Å². The molecule has 5 aliphatic carbocycles. The molecule has 0 aromatic carbocycles. The van der Waals surface area contributed by atoms with Crippen LogP contribution >= 0.6 is 0 Å². The number of methoxy groups -OCH3 is 1. The largest absolute Gasteiger partial charge is 0.393 e. The fourth-order valence-corrected chi connectivity index (χ4v) is 7.30. The minimum absolute atomic E-state index is 0.0217. The van der Waals surface area contributed by atoms with Crippen molar-refractivity contribution in [2.45, 2.75) is 51.4 Å². The van der Waals surface area contributed by atoms with Crippen LogP contribution in [0.4, 0.5) is 0 Å². The molecule has 0 aromatic heterocycles. The molecule has 8 atom stereocenters. The molecule has 1 N–H and O–H groups in total. The van der Waals surface area contributed by atoms with Crippen molar-refractivity contribution < 1.29 is 14.6 Å². The molecular weight excluding hydrogens is 288 g/mol. The summed E-state index contributed by atoms with van der Waals surface area (Å²) >= 11 is 0. The van der Waals surface area contributed by atoms with E-state index >= 15 is 0 Å². The average Bonchev–Trinajstić information content (AvgIpc) is 2.84. The van der Waals surface area contributed by atoms with Crippen molar-refractivity contribution in [1.82, 2.24) is 0 Å². The van der Waals surface area contributed by atoms with E-state index in [-0.39, 0.29) is 23.2 Å². The minimum atomic E-state index is -0.181. The van der Waals surface area contributed by atoms with Gasteiger partial charge in [0, 0.05) is 23.9 Å². The first-order chi connectivity index (χ1) is 11.0. The summed E-state index contributed by atoms with van der Waals surface area (Å²) in [5.74, 6) is 1.88. The Hall–Kier alpha value is -0.640. The van der Waals surface area contributed by atoms with E-state index in [0.29, 0.717) is 23.7 Å². The lowest BCUT2D eigenvalue weighted by Gasteiger charge is -2.55. The Morgan fingerprint density at radius 1 is 1.30 bits per heavy atom. The Kier molecular flexibility index (Phi) is 2.87. The number of fused-ring (bicyclic) bond motifs is 2. The fourth-order valence-electron chi connectivity index (χ4n) is 7.30. The summed E-state index contributed by atoms with van der Waals surface area (Å²) in [5, 5.41) is 11.0. The number of hydrogen-bond acceptors (Lipinski definition) is 3. The average molecular weight is 316 g/mol. The van der Waals surface area contributed by atoms with Crippen LogP contribution in [-0.4, -0.2) is 31.2 Å². The molecule has 0 amide bonds. The van der Waals surface area contributed by atoms with Crippen LogP contribution < -0.4 is 0 Å². The Labute approximate surface area is 138 Å². The van der Waals surface area contributed by atoms with Gasteiger partial charge in [-0.3, -0.25) is 0 Å². The second-order valence-electron chi connectivity index (χ2n) is 8.93. The van der Waals surface area contributed by atoms with Crippen LogP contribution in [0.25, 0.3) is 0 Å². The van der Waals surface area contributed by atoms with E-state index in [9.17, 15) is 5.11 Å². The number of hydrogen-bond donors (Lipinski definition) is 1. The van der Waals surface area contributed by atoms with Gasteiger partial charge in [0.15, 0.2) is 6.29 Å². The first-order valence-corrected chi connectivity index (χ1v) is 9.23. The van der Waals surface area contributed by atoms with Crippen molar-refractivity contribution in [2.24, 2.45) is 34.5 Å². The molecule has 1 aliphatic heterocycles. The van der Waals surface area contributed by atoms with Crippen molar-refractivity contribution in [2.75, 3.05) is 13.7 Å². The van der Waals surface area contributed by atoms with E-state index in [4.69, 9.17) is 9.47 Å². The number of aliphatic hydroxyl groups is 1. The summed E-state index contributed by atoms with van der Waals surface area (Å²) in [6.07, 6.45) is 7.61. The van der Waals surface area contributed by atoms with Crippen LogP contribution in [-0.2, 0) is 9.47 Å². The van der Waals surface area contributed by atoms with Crippen molar-refractivity contribution in [3.8, 4) is 0 Å². The molecule has 6 rings (SSSR count). The van der Waals surface area contributed by atoms with E-state index in [1.807, 2.05) is 0 Å². The zero-order valence-electron chi connectivity index (χ0n) is 14.3. The van der Waals surface area contributed by atoms with Gasteiger partial charge < -0.3 is 14.6 Å². The second-order valence-corrected chi connectivity index (χ2v) is 8.93. The van der Waals surface area contributed by atoms with Gasteiger partial charge in [-0.2, -0.15) is 0 Å². The molecule has 4 fully saturated rings. The monoisotopic (exact) mass is 316 g/mol. The number of rotatable bonds is 1. The molecule has 23 heavy (non-hydrogen) atoms. The first-order valence-electron chi connectivity index (χ1n) is 9.23. The number of ether oxygens (including phenoxy) is 2. The van der Waals surface area contributed by atoms with Crippen LogP contribution in [0.2, 0.25) is 0 Å². The van der Waals surface area contributed by atoms with Crippen LogP contribution in [0.15, 0.2) is 23.8 Å². The lowest BCUT2D eigenvalue weighted by Crippen LogP contribution is -2.57. The van der Waals surface area contributed by atoms with Gasteiger partial charge in [-0.1, -0.05) is 30.7 Å². The summed E-state index contributed by atoms with van der Waals surface area (Å²) < 4.78 is 11.9. The maximum Gasteiger partial charge on any atom is 0.162 e. The highest BCUT2D eigenvalue weighted by molar-refractivity contribution is 5.41. The van der Waals surface area contributed by atoms with Crippen LogP contribution in [0.3, 0.4) is 0 Å². The Morgan fingerprint density at radius 3 is 2.87 bits per heavy atom. The molecule has 0 radical (unpaired) electrons. The predicted octanol–water partition coefficient (Wildman–Crippen LogP) is 3.30. The molecule has 6 aliphatic rings. The standard InChI is InChI=1S/C20H28O3/c1-11-9-20-7-4-12(11)8-14(20)13-10-23-18(22-3)19(2)6-5-15(21)17(20)16(13)19/h8,12-13,15-18,21H,1,4-7,9-10H2,2-3H3/t12-,13-,15-,16+,17+,18?,19-,20+/m1/s1. The summed E-state index contributed by atoms with van der Waals surface area (Å²) in [5.41, 5.74) is 3.18. The Morgan fingerprint density at radius 2 is 2.13 bits per heavy atom. The molecule has 0 aromatic rings. The Balaban J connectivity index is 1.69. The van der Waals surface area contributed by atoms with E-state index in [1.54, 1.807) is 12.7 Å². The lowest BCUT2D eigenvalue weighted by molar-refractivity contribution is -0.269. The lowest BCUT2D eigenvalue weighted by atomic mass is 9.52. The van der Waals surface area contributed by atoms with Gasteiger partial charge in [-0.05, 0) is 49.9 Å². The first kappa shape index (κ1) is 14.7. The normalized spacial score (nSPS) is 57.0. The molecule has 3 saturated carbocycles. The molecule has 1 heterocycles. The highest BCUT2D eigenvalue weighted by Crippen LogP contribution is 2.73. The maximum atomic E-state index is 11.0. The molecule has 1 unspecified atom stereocenters. The van der Waals surface area contributed by atoms with Gasteiger partial charge in [0.25, 0.3) is 0 Å². The topological polar surface area (TPSA) is 38.7 Å². The molecular formula is C20H28O3. The third kappa shape index (κ3) is 1.57. The van der Waals surface area contributed by atoms with E-state index in [1.165, 1.54) is 18.4 Å². The zero-order chi connectivity index (χ0) is 16.0. The van der Waals surface area contributed by atoms with Crippen molar-refractivity contribution in [3.05, 3.63) is 23.8 Å². The predicted molar refractivity (Wildman–Crippen MR) is 87.6 cm³/mol. The highest BCUT2D eigenvalue weighted by atomic mass is 16.7. The second kappa shape index (κ2) is 4.50. The third-order valence-corrected chi connectivity index (χ3v) is 8.12. The Bertz CT molecular complexity index is 596. The molecule has 3 nitrogen and oxygen atoms in total. The summed E-state index contributed by atoms with van der Waals surface area (Å²) in [7, 11) is 1.77. The van der Waals surface area contributed by atoms with E-state index in [2.05, 4.69) is 19.6 Å². The van der Waals surface area contributed by atoms with Crippen molar-refractivity contribution in [3.63, 3.8) is 0 Å². The molecule has 3 heteroatoms. The smallest absolute Gasteiger partial charge is 0.162 e. The molecule has 1 saturated heterocycles. The maximum absolute atomic E-state index is 11.0. The third-order valence-electron chi connectivity index (χ3n) is 8.12. The van der Waals surface area contributed by atoms with E-state index < -0.39 is 0 Å². The zero-order valence-corrected chi connectivity index (χ0v) is 14.3. The fraction of sp³-hybridized carbons (Fsp3) is 0.800. The van der Waals surface area contributed by atoms with Crippen molar-refractivity contribution in [1.29, 1.82) is 0 Å². The van der Waals surface area contributed by atoms with Gasteiger partial charge in [0.2, 0.25) is 0 Å². The molecule has 1 spiro atoms.